The minimum absolute atomic E-state index is 0.0602. The summed E-state index contributed by atoms with van der Waals surface area (Å²) in [7, 11) is 0. The van der Waals surface area contributed by atoms with Gasteiger partial charge in [0.1, 0.15) is 0 Å². The maximum Gasteiger partial charge on any atom is 0.323 e. The summed E-state index contributed by atoms with van der Waals surface area (Å²) in [6.45, 7) is 0. The number of nitrogens with two attached hydrogens (primary N) is 1. The molecule has 19 heavy (non-hydrogen) atoms. The van der Waals surface area contributed by atoms with Crippen molar-refractivity contribution < 1.29 is 0 Å². The summed E-state index contributed by atoms with van der Waals surface area (Å²) in [6.07, 6.45) is 3.94. The summed E-state index contributed by atoms with van der Waals surface area (Å²) < 4.78 is 0.989. The summed E-state index contributed by atoms with van der Waals surface area (Å²) in [5.74, 6) is 2.46. The normalized spacial score (nSPS) is 30.5. The molecule has 2 saturated carbocycles. The zero-order valence-electron chi connectivity index (χ0n) is 10.4. The lowest BCUT2D eigenvalue weighted by molar-refractivity contribution is 0.403. The van der Waals surface area contributed by atoms with E-state index in [1.807, 2.05) is 12.1 Å². The average Bonchev–Trinajstić information content (AvgIpc) is 2.81. The number of imidazole rings is 1. The van der Waals surface area contributed by atoms with E-state index in [1.54, 1.807) is 0 Å². The van der Waals surface area contributed by atoms with Crippen molar-refractivity contribution in [2.45, 2.75) is 25.3 Å². The van der Waals surface area contributed by atoms with Crippen LogP contribution in [0.2, 0.25) is 0 Å². The minimum Gasteiger partial charge on any atom is -0.324 e. The first-order valence-corrected chi connectivity index (χ1v) is 7.58. The summed E-state index contributed by atoms with van der Waals surface area (Å²) in [4.78, 5) is 16.9. The number of rotatable bonds is 2. The topological polar surface area (TPSA) is 74.7 Å². The smallest absolute Gasteiger partial charge is 0.323 e. The van der Waals surface area contributed by atoms with Crippen molar-refractivity contribution in [3.63, 3.8) is 0 Å². The van der Waals surface area contributed by atoms with Crippen LogP contribution in [0.3, 0.4) is 0 Å². The van der Waals surface area contributed by atoms with Gasteiger partial charge in [-0.15, -0.1) is 0 Å². The van der Waals surface area contributed by atoms with E-state index in [-0.39, 0.29) is 11.7 Å². The van der Waals surface area contributed by atoms with Gasteiger partial charge in [0.15, 0.2) is 0 Å². The molecule has 1 aromatic heterocycles. The average molecular weight is 322 g/mol. The highest BCUT2D eigenvalue weighted by molar-refractivity contribution is 9.10. The third-order valence-electron chi connectivity index (χ3n) is 4.78. The Labute approximate surface area is 118 Å². The van der Waals surface area contributed by atoms with Gasteiger partial charge in [-0.25, -0.2) is 4.79 Å². The molecule has 0 bridgehead atoms. The Morgan fingerprint density at radius 1 is 1.16 bits per heavy atom. The van der Waals surface area contributed by atoms with E-state index in [9.17, 15) is 4.79 Å². The van der Waals surface area contributed by atoms with E-state index < -0.39 is 0 Å². The monoisotopic (exact) mass is 321 g/mol. The number of aromatic nitrogens is 2. The minimum atomic E-state index is -0.172. The molecule has 1 aromatic carbocycles. The molecule has 4 nitrogen and oxygen atoms in total. The second-order valence-corrected chi connectivity index (χ2v) is 6.87. The van der Waals surface area contributed by atoms with Crippen LogP contribution in [-0.4, -0.2) is 9.97 Å². The Morgan fingerprint density at radius 2 is 1.79 bits per heavy atom. The van der Waals surface area contributed by atoms with Crippen LogP contribution in [0.1, 0.15) is 30.9 Å². The van der Waals surface area contributed by atoms with Crippen LogP contribution < -0.4 is 11.4 Å². The molecule has 0 spiro atoms. The largest absolute Gasteiger partial charge is 0.324 e. The maximum absolute atomic E-state index is 11.3. The number of benzene rings is 1. The second kappa shape index (κ2) is 3.96. The van der Waals surface area contributed by atoms with E-state index in [2.05, 4.69) is 25.9 Å². The Bertz CT molecular complexity index is 694. The Kier molecular flexibility index (Phi) is 2.45. The van der Waals surface area contributed by atoms with Crippen molar-refractivity contribution in [1.29, 1.82) is 0 Å². The van der Waals surface area contributed by atoms with Gasteiger partial charge in [-0.3, -0.25) is 0 Å². The Morgan fingerprint density at radius 3 is 2.47 bits per heavy atom. The van der Waals surface area contributed by atoms with E-state index >= 15 is 0 Å². The van der Waals surface area contributed by atoms with Crippen molar-refractivity contribution in [2.24, 2.45) is 23.5 Å². The van der Waals surface area contributed by atoms with Gasteiger partial charge in [0, 0.05) is 10.5 Å². The maximum atomic E-state index is 11.3. The van der Waals surface area contributed by atoms with Gasteiger partial charge in [0.2, 0.25) is 0 Å². The fourth-order valence-corrected chi connectivity index (χ4v) is 4.24. The molecule has 2 aliphatic carbocycles. The molecule has 0 saturated heterocycles. The lowest BCUT2D eigenvalue weighted by atomic mass is 9.90. The second-order valence-electron chi connectivity index (χ2n) is 6.01. The number of nitrogens with one attached hydrogen (secondary N) is 2. The van der Waals surface area contributed by atoms with Crippen molar-refractivity contribution in [1.82, 2.24) is 9.97 Å². The van der Waals surface area contributed by atoms with Gasteiger partial charge in [-0.1, -0.05) is 15.9 Å². The van der Waals surface area contributed by atoms with E-state index in [4.69, 9.17) is 5.73 Å². The predicted octanol–water partition coefficient (Wildman–Crippen LogP) is 2.66. The van der Waals surface area contributed by atoms with Gasteiger partial charge >= 0.3 is 5.69 Å². The molecular weight excluding hydrogens is 306 g/mol. The van der Waals surface area contributed by atoms with Crippen molar-refractivity contribution in [3.8, 4) is 0 Å². The molecule has 2 fully saturated rings. The van der Waals surface area contributed by atoms with E-state index in [1.165, 1.54) is 19.3 Å². The Hall–Kier alpha value is -1.07. The number of H-pyrrole nitrogens is 2. The highest BCUT2D eigenvalue weighted by atomic mass is 79.9. The molecule has 0 amide bonds. The molecule has 0 radical (unpaired) electrons. The van der Waals surface area contributed by atoms with Gasteiger partial charge in [-0.05, 0) is 54.7 Å². The number of aromatic amines is 2. The highest BCUT2D eigenvalue weighted by Crippen LogP contribution is 2.57. The first-order valence-electron chi connectivity index (χ1n) is 6.79. The first-order chi connectivity index (χ1) is 9.11. The predicted molar refractivity (Wildman–Crippen MR) is 77.9 cm³/mol. The van der Waals surface area contributed by atoms with E-state index in [0.717, 1.165) is 32.9 Å². The standard InChI is InChI=1S/C14H16BrN3O/c15-10-5-12-11(17-14(19)18-12)4-9(10)13(16)8-2-6-1-7(6)3-8/h4-8,13H,1-3,16H2,(H2,17,18,19). The molecule has 5 heteroatoms. The zero-order chi connectivity index (χ0) is 13.1. The summed E-state index contributed by atoms with van der Waals surface area (Å²) in [6, 6.07) is 4.01. The molecule has 4 N–H and O–H groups in total. The van der Waals surface area contributed by atoms with Gasteiger partial charge < -0.3 is 15.7 Å². The van der Waals surface area contributed by atoms with Crippen LogP contribution in [0.15, 0.2) is 21.4 Å². The summed E-state index contributed by atoms with van der Waals surface area (Å²) in [5, 5.41) is 0. The van der Waals surface area contributed by atoms with E-state index in [0.29, 0.717) is 5.92 Å². The van der Waals surface area contributed by atoms with Crippen molar-refractivity contribution in [3.05, 3.63) is 32.7 Å². The molecule has 1 heterocycles. The zero-order valence-corrected chi connectivity index (χ0v) is 12.0. The lowest BCUT2D eigenvalue weighted by Crippen LogP contribution is -2.20. The lowest BCUT2D eigenvalue weighted by Gasteiger charge is -2.22. The fraction of sp³-hybridized carbons (Fsp3) is 0.500. The Balaban J connectivity index is 1.72. The number of hydrogen-bond donors (Lipinski definition) is 3. The molecular formula is C14H16BrN3O. The molecule has 100 valence electrons. The van der Waals surface area contributed by atoms with Crippen LogP contribution in [0.25, 0.3) is 11.0 Å². The molecule has 3 atom stereocenters. The fourth-order valence-electron chi connectivity index (χ4n) is 3.64. The first kappa shape index (κ1) is 11.7. The highest BCUT2D eigenvalue weighted by Gasteiger charge is 2.47. The third-order valence-corrected chi connectivity index (χ3v) is 5.47. The SMILES string of the molecule is NC(c1cc2[nH]c(=O)[nH]c2cc1Br)C1CC2CC2C1. The van der Waals surface area contributed by atoms with Crippen LogP contribution in [0.5, 0.6) is 0 Å². The molecule has 0 aliphatic heterocycles. The van der Waals surface area contributed by atoms with Crippen LogP contribution >= 0.6 is 15.9 Å². The quantitative estimate of drug-likeness (QED) is 0.795. The van der Waals surface area contributed by atoms with Crippen LogP contribution in [0, 0.1) is 17.8 Å². The molecule has 3 unspecified atom stereocenters. The van der Waals surface area contributed by atoms with Gasteiger partial charge in [0.05, 0.1) is 11.0 Å². The summed E-state index contributed by atoms with van der Waals surface area (Å²) in [5.41, 5.74) is 9.04. The van der Waals surface area contributed by atoms with Gasteiger partial charge in [-0.2, -0.15) is 0 Å². The third kappa shape index (κ3) is 1.87. The van der Waals surface area contributed by atoms with Crippen LogP contribution in [-0.2, 0) is 0 Å². The van der Waals surface area contributed by atoms with Gasteiger partial charge in [0.25, 0.3) is 0 Å². The summed E-state index contributed by atoms with van der Waals surface area (Å²) >= 11 is 3.58. The molecule has 2 aromatic rings. The molecule has 4 rings (SSSR count). The number of fused-ring (bicyclic) bond motifs is 2. The van der Waals surface area contributed by atoms with Crippen LogP contribution in [0.4, 0.5) is 0 Å². The van der Waals surface area contributed by atoms with Crippen molar-refractivity contribution >= 4 is 27.0 Å². The number of hydrogen-bond acceptors (Lipinski definition) is 2. The molecule has 2 aliphatic rings. The number of halogens is 1. The van der Waals surface area contributed by atoms with Crippen molar-refractivity contribution in [2.75, 3.05) is 0 Å².